The highest BCUT2D eigenvalue weighted by Crippen LogP contribution is 2.61. The summed E-state index contributed by atoms with van der Waals surface area (Å²) in [5.41, 5.74) is 1.40. The van der Waals surface area contributed by atoms with E-state index in [1.807, 2.05) is 6.07 Å². The quantitative estimate of drug-likeness (QED) is 0.457. The topological polar surface area (TPSA) is 73.2 Å². The zero-order valence-electron chi connectivity index (χ0n) is 24.9. The lowest BCUT2D eigenvalue weighted by molar-refractivity contribution is -0.142. The molecule has 2 aromatic rings. The first-order valence-corrected chi connectivity index (χ1v) is 20.3. The lowest BCUT2D eigenvalue weighted by Gasteiger charge is -2.53. The molecule has 0 spiro atoms. The Morgan fingerprint density at radius 2 is 1.87 bits per heavy atom. The van der Waals surface area contributed by atoms with Crippen LogP contribution in [0, 0.1) is 5.92 Å². The molecule has 9 heteroatoms. The Morgan fingerprint density at radius 3 is 2.45 bits per heavy atom. The summed E-state index contributed by atoms with van der Waals surface area (Å²) in [6.07, 6.45) is 1.10. The van der Waals surface area contributed by atoms with E-state index < -0.39 is 27.8 Å². The molecule has 0 amide bonds. The molecule has 1 N–H and O–H groups in total. The Balaban J connectivity index is 1.82. The fourth-order valence-electron chi connectivity index (χ4n) is 6.90. The molecule has 1 saturated heterocycles. The third-order valence-corrected chi connectivity index (χ3v) is 15.2. The highest BCUT2D eigenvalue weighted by atomic mass is 28.4. The molecule has 1 fully saturated rings. The molecule has 1 aromatic carbocycles. The van der Waals surface area contributed by atoms with Gasteiger partial charge in [-0.3, -0.25) is 9.69 Å². The number of ketones is 1. The summed E-state index contributed by atoms with van der Waals surface area (Å²) in [5, 5.41) is 13.4. The third kappa shape index (κ3) is 3.91. The molecular formula is C29H46N2O5Si2. The van der Waals surface area contributed by atoms with Gasteiger partial charge in [-0.2, -0.15) is 0 Å². The van der Waals surface area contributed by atoms with E-state index in [4.69, 9.17) is 13.6 Å². The Morgan fingerprint density at radius 1 is 1.18 bits per heavy atom. The smallest absolute Gasteiger partial charge is 0.192 e. The molecule has 4 heterocycles. The zero-order valence-corrected chi connectivity index (χ0v) is 26.9. The SMILES string of the molecule is COc1cccc2c3c4n(c12)[C@H](O[Si](C)(C)C)C[C@@H]1[C@@]4(CO[Si](C)(C)C(C)(C)C)N(CC3)C[C@]1(O)C(C)=O. The third-order valence-electron chi connectivity index (χ3n) is 9.79. The summed E-state index contributed by atoms with van der Waals surface area (Å²) in [5.74, 6) is 0.325. The molecule has 7 nitrogen and oxygen atoms in total. The first kappa shape index (κ1) is 28.0. The summed E-state index contributed by atoms with van der Waals surface area (Å²) in [7, 11) is -2.41. The summed E-state index contributed by atoms with van der Waals surface area (Å²) < 4.78 is 22.2. The maximum Gasteiger partial charge on any atom is 0.192 e. The van der Waals surface area contributed by atoms with Crippen LogP contribution in [0.3, 0.4) is 0 Å². The van der Waals surface area contributed by atoms with Gasteiger partial charge in [0.1, 0.15) is 17.6 Å². The van der Waals surface area contributed by atoms with Gasteiger partial charge in [-0.1, -0.05) is 32.9 Å². The molecule has 3 aliphatic heterocycles. The van der Waals surface area contributed by atoms with Gasteiger partial charge >= 0.3 is 0 Å². The van der Waals surface area contributed by atoms with Crippen LogP contribution >= 0.6 is 0 Å². The summed E-state index contributed by atoms with van der Waals surface area (Å²) in [4.78, 5) is 15.6. The van der Waals surface area contributed by atoms with Crippen LogP contribution in [-0.4, -0.2) is 69.4 Å². The van der Waals surface area contributed by atoms with Crippen molar-refractivity contribution in [3.05, 3.63) is 29.5 Å². The zero-order chi connectivity index (χ0) is 28.1. The lowest BCUT2D eigenvalue weighted by atomic mass is 9.68. The van der Waals surface area contributed by atoms with Gasteiger partial charge in [-0.25, -0.2) is 0 Å². The van der Waals surface area contributed by atoms with Crippen LogP contribution in [0.15, 0.2) is 18.2 Å². The van der Waals surface area contributed by atoms with Crippen molar-refractivity contribution in [2.24, 2.45) is 5.92 Å². The number of hydrogen-bond acceptors (Lipinski definition) is 6. The van der Waals surface area contributed by atoms with Crippen molar-refractivity contribution < 1.29 is 23.5 Å². The van der Waals surface area contributed by atoms with Crippen molar-refractivity contribution in [2.75, 3.05) is 26.8 Å². The van der Waals surface area contributed by atoms with Crippen LogP contribution in [0.2, 0.25) is 37.8 Å². The monoisotopic (exact) mass is 558 g/mol. The number of fused-ring (bicyclic) bond motifs is 3. The molecule has 0 bridgehead atoms. The van der Waals surface area contributed by atoms with E-state index in [2.05, 4.69) is 75.1 Å². The number of Topliss-reactive ketones (excluding diaryl/α,β-unsaturated/α-hetero) is 1. The van der Waals surface area contributed by atoms with E-state index in [9.17, 15) is 9.90 Å². The van der Waals surface area contributed by atoms with E-state index in [1.165, 1.54) is 10.9 Å². The molecule has 0 saturated carbocycles. The fraction of sp³-hybridized carbons (Fsp3) is 0.690. The fourth-order valence-corrected chi connectivity index (χ4v) is 8.93. The maximum atomic E-state index is 13.2. The highest BCUT2D eigenvalue weighted by Gasteiger charge is 2.69. The van der Waals surface area contributed by atoms with E-state index in [-0.39, 0.29) is 23.0 Å². The van der Waals surface area contributed by atoms with Gasteiger partial charge in [0.25, 0.3) is 0 Å². The molecule has 4 atom stereocenters. The van der Waals surface area contributed by atoms with Crippen molar-refractivity contribution in [3.8, 4) is 5.75 Å². The predicted molar refractivity (Wildman–Crippen MR) is 156 cm³/mol. The molecular weight excluding hydrogens is 513 g/mol. The molecule has 210 valence electrons. The number of benzene rings is 1. The van der Waals surface area contributed by atoms with Gasteiger partial charge in [0, 0.05) is 30.1 Å². The van der Waals surface area contributed by atoms with Gasteiger partial charge < -0.3 is 23.3 Å². The number of ether oxygens (including phenoxy) is 1. The predicted octanol–water partition coefficient (Wildman–Crippen LogP) is 5.43. The van der Waals surface area contributed by atoms with Crippen LogP contribution in [0.25, 0.3) is 10.9 Å². The second-order valence-electron chi connectivity index (χ2n) is 14.2. The van der Waals surface area contributed by atoms with Crippen LogP contribution in [0.4, 0.5) is 0 Å². The van der Waals surface area contributed by atoms with Crippen LogP contribution in [0.5, 0.6) is 5.75 Å². The van der Waals surface area contributed by atoms with E-state index >= 15 is 0 Å². The Kier molecular flexibility index (Phi) is 6.46. The largest absolute Gasteiger partial charge is 0.495 e. The van der Waals surface area contributed by atoms with Crippen molar-refractivity contribution in [3.63, 3.8) is 0 Å². The summed E-state index contributed by atoms with van der Waals surface area (Å²) in [6, 6.07) is 6.26. The Labute approximate surface area is 229 Å². The average Bonchev–Trinajstić information content (AvgIpc) is 3.27. The van der Waals surface area contributed by atoms with Gasteiger partial charge in [0.15, 0.2) is 22.4 Å². The minimum atomic E-state index is -2.14. The number of aromatic nitrogens is 1. The van der Waals surface area contributed by atoms with Crippen LogP contribution in [-0.2, 0) is 25.6 Å². The Bertz CT molecular complexity index is 1280. The second-order valence-corrected chi connectivity index (χ2v) is 23.4. The molecule has 3 aliphatic rings. The van der Waals surface area contributed by atoms with Crippen molar-refractivity contribution in [1.82, 2.24) is 9.47 Å². The van der Waals surface area contributed by atoms with E-state index in [0.29, 0.717) is 19.6 Å². The number of hydrogen-bond donors (Lipinski definition) is 1. The molecule has 38 heavy (non-hydrogen) atoms. The minimum absolute atomic E-state index is 0.0421. The van der Waals surface area contributed by atoms with Gasteiger partial charge in [-0.15, -0.1) is 0 Å². The first-order chi connectivity index (χ1) is 17.5. The molecule has 1 aromatic heterocycles. The lowest BCUT2D eigenvalue weighted by Crippen LogP contribution is -2.60. The number of carbonyl (C=O) groups excluding carboxylic acids is 1. The summed E-state index contributed by atoms with van der Waals surface area (Å²) >= 11 is 0. The van der Waals surface area contributed by atoms with Crippen LogP contribution in [0.1, 0.15) is 51.6 Å². The number of nitrogens with zero attached hydrogens (tertiary/aromatic N) is 2. The minimum Gasteiger partial charge on any atom is -0.495 e. The van der Waals surface area contributed by atoms with Gasteiger partial charge in [0.2, 0.25) is 0 Å². The first-order valence-electron chi connectivity index (χ1n) is 14.0. The standard InChI is InChI=1S/C29H46N2O5Si2/c1-19(32)29(33)17-30-15-14-21-20-12-11-13-22(34-5)25(20)31-24(36-37(6,7)8)16-23(29)28(30,26(21)31)18-35-38(9,10)27(2,3)4/h11-13,23-24,33H,14-18H2,1-10H3/t23-,24-,28-,29+/m1/s1. The number of carbonyl (C=O) groups is 1. The van der Waals surface area contributed by atoms with Gasteiger partial charge in [-0.05, 0) is 69.2 Å². The molecule has 0 radical (unpaired) electrons. The summed E-state index contributed by atoms with van der Waals surface area (Å²) in [6.45, 7) is 21.0. The molecule has 5 rings (SSSR count). The number of rotatable bonds is 7. The maximum absolute atomic E-state index is 13.2. The molecule has 0 unspecified atom stereocenters. The second kappa shape index (κ2) is 8.75. The van der Waals surface area contributed by atoms with Crippen molar-refractivity contribution in [1.29, 1.82) is 0 Å². The number of para-hydroxylation sites is 1. The number of aliphatic hydroxyl groups is 1. The van der Waals surface area contributed by atoms with Crippen molar-refractivity contribution in [2.45, 2.75) is 95.7 Å². The Hall–Kier alpha value is -1.50. The van der Waals surface area contributed by atoms with Crippen molar-refractivity contribution >= 4 is 33.3 Å². The van der Waals surface area contributed by atoms with E-state index in [1.54, 1.807) is 14.0 Å². The van der Waals surface area contributed by atoms with Gasteiger partial charge in [0.05, 0.1) is 24.8 Å². The van der Waals surface area contributed by atoms with E-state index in [0.717, 1.165) is 29.9 Å². The molecule has 0 aliphatic carbocycles. The average molecular weight is 559 g/mol. The van der Waals surface area contributed by atoms with Crippen LogP contribution < -0.4 is 4.74 Å². The number of methoxy groups -OCH3 is 1. The highest BCUT2D eigenvalue weighted by molar-refractivity contribution is 6.74. The normalized spacial score (nSPS) is 29.6.